The van der Waals surface area contributed by atoms with Gasteiger partial charge in [0.05, 0.1) is 6.54 Å². The summed E-state index contributed by atoms with van der Waals surface area (Å²) in [6.07, 6.45) is 2.09. The third-order valence-electron chi connectivity index (χ3n) is 2.29. The highest BCUT2D eigenvalue weighted by molar-refractivity contribution is 7.98. The number of nitrogens with one attached hydrogen (secondary N) is 1. The van der Waals surface area contributed by atoms with E-state index in [-0.39, 0.29) is 0 Å². The average molecular weight is 219 g/mol. The molecule has 1 atom stereocenters. The van der Waals surface area contributed by atoms with Crippen molar-refractivity contribution in [2.75, 3.05) is 12.8 Å². The smallest absolute Gasteiger partial charge is 0.0581 e. The quantitative estimate of drug-likeness (QED) is 0.617. The van der Waals surface area contributed by atoms with Crippen molar-refractivity contribution in [3.05, 3.63) is 29.8 Å². The van der Waals surface area contributed by atoms with Crippen molar-refractivity contribution >= 4 is 11.8 Å². The molecular formula is C13H17NS. The summed E-state index contributed by atoms with van der Waals surface area (Å²) in [7, 11) is 0. The zero-order valence-electron chi connectivity index (χ0n) is 9.50. The van der Waals surface area contributed by atoms with Crippen LogP contribution in [-0.4, -0.2) is 12.8 Å². The summed E-state index contributed by atoms with van der Waals surface area (Å²) in [5.74, 6) is 5.88. The van der Waals surface area contributed by atoms with E-state index in [0.29, 0.717) is 6.04 Å². The zero-order chi connectivity index (χ0) is 11.1. The number of rotatable bonds is 4. The first-order chi connectivity index (χ1) is 7.27. The Morgan fingerprint density at radius 2 is 2.00 bits per heavy atom. The second kappa shape index (κ2) is 6.55. The summed E-state index contributed by atoms with van der Waals surface area (Å²) in [4.78, 5) is 1.30. The Labute approximate surface area is 96.7 Å². The van der Waals surface area contributed by atoms with Gasteiger partial charge in [-0.05, 0) is 37.8 Å². The topological polar surface area (TPSA) is 12.0 Å². The summed E-state index contributed by atoms with van der Waals surface area (Å²) < 4.78 is 0. The number of benzene rings is 1. The lowest BCUT2D eigenvalue weighted by Crippen LogP contribution is -2.18. The van der Waals surface area contributed by atoms with Crippen molar-refractivity contribution in [1.82, 2.24) is 5.32 Å². The van der Waals surface area contributed by atoms with Gasteiger partial charge >= 0.3 is 0 Å². The van der Waals surface area contributed by atoms with Crippen LogP contribution in [0, 0.1) is 11.8 Å². The van der Waals surface area contributed by atoms with Gasteiger partial charge in [-0.1, -0.05) is 18.1 Å². The van der Waals surface area contributed by atoms with Gasteiger partial charge in [-0.3, -0.25) is 5.32 Å². The van der Waals surface area contributed by atoms with Crippen LogP contribution in [0.1, 0.15) is 25.5 Å². The van der Waals surface area contributed by atoms with Crippen LogP contribution < -0.4 is 5.32 Å². The summed E-state index contributed by atoms with van der Waals surface area (Å²) in [6, 6.07) is 9.01. The SMILES string of the molecule is CC#CCNC(C)c1ccc(SC)cc1. The summed E-state index contributed by atoms with van der Waals surface area (Å²) in [5, 5.41) is 3.36. The van der Waals surface area contributed by atoms with Crippen molar-refractivity contribution in [3.8, 4) is 11.8 Å². The Hall–Kier alpha value is -0.910. The van der Waals surface area contributed by atoms with Gasteiger partial charge in [0.25, 0.3) is 0 Å². The first-order valence-electron chi connectivity index (χ1n) is 5.05. The second-order valence-corrected chi connectivity index (χ2v) is 4.18. The second-order valence-electron chi connectivity index (χ2n) is 3.30. The molecule has 0 spiro atoms. The molecule has 1 aromatic rings. The molecule has 0 amide bonds. The first-order valence-corrected chi connectivity index (χ1v) is 6.27. The maximum absolute atomic E-state index is 3.36. The molecule has 0 aliphatic rings. The van der Waals surface area contributed by atoms with E-state index in [9.17, 15) is 0 Å². The van der Waals surface area contributed by atoms with E-state index in [1.807, 2.05) is 6.92 Å². The minimum absolute atomic E-state index is 0.363. The molecular weight excluding hydrogens is 202 g/mol. The van der Waals surface area contributed by atoms with Crippen LogP contribution in [0.15, 0.2) is 29.2 Å². The Morgan fingerprint density at radius 3 is 2.53 bits per heavy atom. The Kier molecular flexibility index (Phi) is 5.31. The average Bonchev–Trinajstić information content (AvgIpc) is 2.29. The molecule has 1 aromatic carbocycles. The van der Waals surface area contributed by atoms with Gasteiger partial charge in [-0.2, -0.15) is 0 Å². The zero-order valence-corrected chi connectivity index (χ0v) is 10.3. The van der Waals surface area contributed by atoms with Crippen LogP contribution in [-0.2, 0) is 0 Å². The maximum Gasteiger partial charge on any atom is 0.0581 e. The van der Waals surface area contributed by atoms with Crippen LogP contribution in [0.4, 0.5) is 0 Å². The van der Waals surface area contributed by atoms with Gasteiger partial charge in [-0.25, -0.2) is 0 Å². The first kappa shape index (κ1) is 12.2. The number of hydrogen-bond acceptors (Lipinski definition) is 2. The normalized spacial score (nSPS) is 11.7. The van der Waals surface area contributed by atoms with Gasteiger partial charge in [0.15, 0.2) is 0 Å². The van der Waals surface area contributed by atoms with Crippen LogP contribution >= 0.6 is 11.8 Å². The lowest BCUT2D eigenvalue weighted by atomic mass is 10.1. The van der Waals surface area contributed by atoms with E-state index >= 15 is 0 Å². The van der Waals surface area contributed by atoms with Gasteiger partial charge in [-0.15, -0.1) is 17.7 Å². The Bertz CT molecular complexity index is 345. The molecule has 15 heavy (non-hydrogen) atoms. The highest BCUT2D eigenvalue weighted by atomic mass is 32.2. The molecule has 0 bridgehead atoms. The molecule has 0 saturated heterocycles. The van der Waals surface area contributed by atoms with Crippen LogP contribution in [0.25, 0.3) is 0 Å². The fourth-order valence-corrected chi connectivity index (χ4v) is 1.71. The maximum atomic E-state index is 3.36. The third kappa shape index (κ3) is 3.99. The molecule has 2 heteroatoms. The van der Waals surface area contributed by atoms with E-state index < -0.39 is 0 Å². The fourth-order valence-electron chi connectivity index (χ4n) is 1.30. The van der Waals surface area contributed by atoms with E-state index in [4.69, 9.17) is 0 Å². The molecule has 0 radical (unpaired) electrons. The molecule has 1 N–H and O–H groups in total. The van der Waals surface area contributed by atoms with E-state index in [0.717, 1.165) is 6.54 Å². The van der Waals surface area contributed by atoms with Crippen LogP contribution in [0.5, 0.6) is 0 Å². The Morgan fingerprint density at radius 1 is 1.33 bits per heavy atom. The molecule has 0 aromatic heterocycles. The van der Waals surface area contributed by atoms with Gasteiger partial charge < -0.3 is 0 Å². The minimum atomic E-state index is 0.363. The summed E-state index contributed by atoms with van der Waals surface area (Å²) in [5.41, 5.74) is 1.31. The van der Waals surface area contributed by atoms with Crippen molar-refractivity contribution in [1.29, 1.82) is 0 Å². The van der Waals surface area contributed by atoms with Crippen molar-refractivity contribution in [2.24, 2.45) is 0 Å². The highest BCUT2D eigenvalue weighted by Crippen LogP contribution is 2.18. The fraction of sp³-hybridized carbons (Fsp3) is 0.385. The predicted molar refractivity (Wildman–Crippen MR) is 68.1 cm³/mol. The summed E-state index contributed by atoms with van der Waals surface area (Å²) >= 11 is 1.77. The highest BCUT2D eigenvalue weighted by Gasteiger charge is 2.02. The van der Waals surface area contributed by atoms with Gasteiger partial charge in [0.2, 0.25) is 0 Å². The summed E-state index contributed by atoms with van der Waals surface area (Å²) in [6.45, 7) is 4.77. The standard InChI is InChI=1S/C13H17NS/c1-4-5-10-14-11(2)12-6-8-13(15-3)9-7-12/h6-9,11,14H,10H2,1-3H3. The molecule has 80 valence electrons. The molecule has 0 heterocycles. The monoisotopic (exact) mass is 219 g/mol. The molecule has 0 aliphatic heterocycles. The van der Waals surface area contributed by atoms with Crippen molar-refractivity contribution < 1.29 is 0 Å². The minimum Gasteiger partial charge on any atom is -0.300 e. The van der Waals surface area contributed by atoms with E-state index in [1.165, 1.54) is 10.5 Å². The molecule has 1 unspecified atom stereocenters. The molecule has 0 fully saturated rings. The van der Waals surface area contributed by atoms with E-state index in [2.05, 4.69) is 54.6 Å². The molecule has 0 saturated carbocycles. The largest absolute Gasteiger partial charge is 0.300 e. The van der Waals surface area contributed by atoms with E-state index in [1.54, 1.807) is 11.8 Å². The lowest BCUT2D eigenvalue weighted by molar-refractivity contribution is 0.623. The molecule has 0 aliphatic carbocycles. The molecule has 1 nitrogen and oxygen atoms in total. The Balaban J connectivity index is 2.56. The van der Waals surface area contributed by atoms with Crippen molar-refractivity contribution in [2.45, 2.75) is 24.8 Å². The van der Waals surface area contributed by atoms with Gasteiger partial charge in [0.1, 0.15) is 0 Å². The predicted octanol–water partition coefficient (Wildman–Crippen LogP) is 3.08. The lowest BCUT2D eigenvalue weighted by Gasteiger charge is -2.12. The third-order valence-corrected chi connectivity index (χ3v) is 3.03. The van der Waals surface area contributed by atoms with Crippen LogP contribution in [0.2, 0.25) is 0 Å². The number of thioether (sulfide) groups is 1. The molecule has 1 rings (SSSR count). The van der Waals surface area contributed by atoms with Crippen molar-refractivity contribution in [3.63, 3.8) is 0 Å². The van der Waals surface area contributed by atoms with Gasteiger partial charge in [0, 0.05) is 10.9 Å². The van der Waals surface area contributed by atoms with Crippen LogP contribution in [0.3, 0.4) is 0 Å². The number of hydrogen-bond donors (Lipinski definition) is 1.